The second kappa shape index (κ2) is 7.35. The van der Waals surface area contributed by atoms with E-state index in [1.165, 1.54) is 5.56 Å². The van der Waals surface area contributed by atoms with E-state index in [4.69, 9.17) is 4.74 Å². The minimum atomic E-state index is -0.274. The van der Waals surface area contributed by atoms with Crippen LogP contribution in [0.1, 0.15) is 29.7 Å². The lowest BCUT2D eigenvalue weighted by atomic mass is 10.0. The van der Waals surface area contributed by atoms with Crippen molar-refractivity contribution in [2.45, 2.75) is 39.2 Å². The van der Waals surface area contributed by atoms with Crippen LogP contribution < -0.4 is 0 Å². The lowest BCUT2D eigenvalue weighted by molar-refractivity contribution is -0.145. The van der Waals surface area contributed by atoms with E-state index in [9.17, 15) is 9.59 Å². The van der Waals surface area contributed by atoms with Gasteiger partial charge in [-0.2, -0.15) is 0 Å². The standard InChI is InChI=1S/C21H27N3O3/c1-14-5-6-18-17(12-14)16(15(2)22-18)13-20(25)23-7-9-24(10-8-23)21(26)19-4-3-11-27-19/h5-6,12,19,22H,3-4,7-11,13H2,1-2H3/t19-/m1/s1. The first-order valence-electron chi connectivity index (χ1n) is 9.79. The van der Waals surface area contributed by atoms with E-state index in [-0.39, 0.29) is 17.9 Å². The number of nitrogens with one attached hydrogen (secondary N) is 1. The number of amides is 2. The number of aromatic amines is 1. The fourth-order valence-electron chi connectivity index (χ4n) is 4.14. The first-order valence-corrected chi connectivity index (χ1v) is 9.79. The van der Waals surface area contributed by atoms with Crippen molar-refractivity contribution in [1.82, 2.24) is 14.8 Å². The third-order valence-electron chi connectivity index (χ3n) is 5.75. The normalized spacial score (nSPS) is 20.4. The maximum atomic E-state index is 12.9. The quantitative estimate of drug-likeness (QED) is 0.902. The number of hydrogen-bond donors (Lipinski definition) is 1. The van der Waals surface area contributed by atoms with Gasteiger partial charge in [-0.3, -0.25) is 9.59 Å². The molecule has 0 bridgehead atoms. The van der Waals surface area contributed by atoms with Crippen LogP contribution in [-0.2, 0) is 20.7 Å². The fraction of sp³-hybridized carbons (Fsp3) is 0.524. The number of H-pyrrole nitrogens is 1. The third kappa shape index (κ3) is 3.58. The predicted molar refractivity (Wildman–Crippen MR) is 104 cm³/mol. The summed E-state index contributed by atoms with van der Waals surface area (Å²) in [6, 6.07) is 6.29. The Morgan fingerprint density at radius 1 is 1.15 bits per heavy atom. The van der Waals surface area contributed by atoms with Crippen molar-refractivity contribution in [1.29, 1.82) is 0 Å². The molecule has 0 saturated carbocycles. The summed E-state index contributed by atoms with van der Waals surface area (Å²) in [6.07, 6.45) is 1.90. The second-order valence-corrected chi connectivity index (χ2v) is 7.66. The van der Waals surface area contributed by atoms with Crippen molar-refractivity contribution in [3.05, 3.63) is 35.0 Å². The topological polar surface area (TPSA) is 65.6 Å². The number of aryl methyl sites for hydroxylation is 2. The van der Waals surface area contributed by atoms with Crippen molar-refractivity contribution in [2.75, 3.05) is 32.8 Å². The highest BCUT2D eigenvalue weighted by Crippen LogP contribution is 2.24. The molecular formula is C21H27N3O3. The Morgan fingerprint density at radius 2 is 1.89 bits per heavy atom. The first kappa shape index (κ1) is 18.0. The molecular weight excluding hydrogens is 342 g/mol. The first-order chi connectivity index (χ1) is 13.0. The van der Waals surface area contributed by atoms with Crippen LogP contribution in [-0.4, -0.2) is 65.5 Å². The minimum Gasteiger partial charge on any atom is -0.368 e. The summed E-state index contributed by atoms with van der Waals surface area (Å²) in [5.74, 6) is 0.215. The van der Waals surface area contributed by atoms with Crippen LogP contribution in [0.15, 0.2) is 18.2 Å². The van der Waals surface area contributed by atoms with E-state index in [0.29, 0.717) is 39.2 Å². The van der Waals surface area contributed by atoms with E-state index in [1.807, 2.05) is 16.7 Å². The van der Waals surface area contributed by atoms with Crippen LogP contribution in [0.4, 0.5) is 0 Å². The molecule has 27 heavy (non-hydrogen) atoms. The molecule has 0 radical (unpaired) electrons. The van der Waals surface area contributed by atoms with Gasteiger partial charge in [-0.15, -0.1) is 0 Å². The Hall–Kier alpha value is -2.34. The van der Waals surface area contributed by atoms with Crippen molar-refractivity contribution in [2.24, 2.45) is 0 Å². The molecule has 2 saturated heterocycles. The number of benzene rings is 1. The summed E-state index contributed by atoms with van der Waals surface area (Å²) >= 11 is 0. The molecule has 144 valence electrons. The average molecular weight is 369 g/mol. The number of aromatic nitrogens is 1. The lowest BCUT2D eigenvalue weighted by Crippen LogP contribution is -2.53. The summed E-state index contributed by atoms with van der Waals surface area (Å²) in [5, 5.41) is 1.13. The molecule has 2 aliphatic rings. The molecule has 0 unspecified atom stereocenters. The smallest absolute Gasteiger partial charge is 0.251 e. The average Bonchev–Trinajstić information content (AvgIpc) is 3.30. The molecule has 6 nitrogen and oxygen atoms in total. The van der Waals surface area contributed by atoms with Crippen LogP contribution in [0.2, 0.25) is 0 Å². The van der Waals surface area contributed by atoms with Gasteiger partial charge < -0.3 is 19.5 Å². The van der Waals surface area contributed by atoms with Crippen molar-refractivity contribution in [3.63, 3.8) is 0 Å². The number of carbonyl (C=O) groups excluding carboxylic acids is 2. The van der Waals surface area contributed by atoms with Gasteiger partial charge in [0.2, 0.25) is 5.91 Å². The number of rotatable bonds is 3. The number of piperazine rings is 1. The largest absolute Gasteiger partial charge is 0.368 e. The van der Waals surface area contributed by atoms with Gasteiger partial charge in [-0.25, -0.2) is 0 Å². The highest BCUT2D eigenvalue weighted by atomic mass is 16.5. The molecule has 2 aliphatic heterocycles. The zero-order chi connectivity index (χ0) is 19.0. The molecule has 3 heterocycles. The molecule has 1 N–H and O–H groups in total. The van der Waals surface area contributed by atoms with Gasteiger partial charge in [0, 0.05) is 49.4 Å². The zero-order valence-corrected chi connectivity index (χ0v) is 16.1. The highest BCUT2D eigenvalue weighted by Gasteiger charge is 2.31. The molecule has 1 aromatic heterocycles. The molecule has 0 aliphatic carbocycles. The molecule has 0 spiro atoms. The second-order valence-electron chi connectivity index (χ2n) is 7.66. The number of nitrogens with zero attached hydrogens (tertiary/aromatic N) is 2. The summed E-state index contributed by atoms with van der Waals surface area (Å²) in [7, 11) is 0. The Bertz CT molecular complexity index is 859. The predicted octanol–water partition coefficient (Wildman–Crippen LogP) is 2.18. The van der Waals surface area contributed by atoms with E-state index in [1.54, 1.807) is 0 Å². The van der Waals surface area contributed by atoms with Crippen LogP contribution in [0.5, 0.6) is 0 Å². The molecule has 6 heteroatoms. The van der Waals surface area contributed by atoms with E-state index in [2.05, 4.69) is 30.1 Å². The maximum Gasteiger partial charge on any atom is 0.251 e. The van der Waals surface area contributed by atoms with Crippen LogP contribution in [0, 0.1) is 13.8 Å². The molecule has 2 aromatic rings. The van der Waals surface area contributed by atoms with Crippen molar-refractivity contribution < 1.29 is 14.3 Å². The summed E-state index contributed by atoms with van der Waals surface area (Å²) in [6.45, 7) is 7.15. The number of carbonyl (C=O) groups is 2. The van der Waals surface area contributed by atoms with Crippen molar-refractivity contribution in [3.8, 4) is 0 Å². The molecule has 1 atom stereocenters. The Morgan fingerprint density at radius 3 is 2.59 bits per heavy atom. The summed E-state index contributed by atoms with van der Waals surface area (Å²) < 4.78 is 5.50. The van der Waals surface area contributed by atoms with E-state index >= 15 is 0 Å². The van der Waals surface area contributed by atoms with Crippen molar-refractivity contribution >= 4 is 22.7 Å². The number of hydrogen-bond acceptors (Lipinski definition) is 3. The Labute approximate surface area is 159 Å². The van der Waals surface area contributed by atoms with Gasteiger partial charge in [0.25, 0.3) is 5.91 Å². The van der Waals surface area contributed by atoms with Gasteiger partial charge >= 0.3 is 0 Å². The van der Waals surface area contributed by atoms with Gasteiger partial charge in [0.15, 0.2) is 0 Å². The summed E-state index contributed by atoms with van der Waals surface area (Å²) in [4.78, 5) is 32.4. The number of fused-ring (bicyclic) bond motifs is 1. The van der Waals surface area contributed by atoms with Gasteiger partial charge in [-0.1, -0.05) is 11.6 Å². The molecule has 4 rings (SSSR count). The van der Waals surface area contributed by atoms with Crippen LogP contribution in [0.25, 0.3) is 10.9 Å². The maximum absolute atomic E-state index is 12.9. The highest BCUT2D eigenvalue weighted by molar-refractivity contribution is 5.90. The van der Waals surface area contributed by atoms with E-state index < -0.39 is 0 Å². The monoisotopic (exact) mass is 369 g/mol. The Kier molecular flexibility index (Phi) is 4.91. The minimum absolute atomic E-state index is 0.0857. The number of ether oxygens (including phenoxy) is 1. The van der Waals surface area contributed by atoms with Gasteiger partial charge in [0.05, 0.1) is 6.42 Å². The molecule has 2 amide bonds. The summed E-state index contributed by atoms with van der Waals surface area (Å²) in [5.41, 5.74) is 4.40. The zero-order valence-electron chi connectivity index (χ0n) is 16.1. The van der Waals surface area contributed by atoms with Gasteiger partial charge in [0.1, 0.15) is 6.10 Å². The van der Waals surface area contributed by atoms with Crippen LogP contribution >= 0.6 is 0 Å². The van der Waals surface area contributed by atoms with Gasteiger partial charge in [-0.05, 0) is 44.4 Å². The van der Waals surface area contributed by atoms with Crippen LogP contribution in [0.3, 0.4) is 0 Å². The fourth-order valence-corrected chi connectivity index (χ4v) is 4.14. The van der Waals surface area contributed by atoms with E-state index in [0.717, 1.165) is 35.0 Å². The molecule has 2 fully saturated rings. The SMILES string of the molecule is Cc1ccc2[nH]c(C)c(CC(=O)N3CCN(C(=O)[C@H]4CCCO4)CC3)c2c1. The lowest BCUT2D eigenvalue weighted by Gasteiger charge is -2.35. The third-order valence-corrected chi connectivity index (χ3v) is 5.75. The Balaban J connectivity index is 1.39. The molecule has 1 aromatic carbocycles.